The Morgan fingerprint density at radius 2 is 1.80 bits per heavy atom. The first-order valence-electron chi connectivity index (χ1n) is 9.43. The molecule has 1 aromatic carbocycles. The Kier molecular flexibility index (Phi) is 4.33. The van der Waals surface area contributed by atoms with E-state index in [0.717, 1.165) is 19.3 Å². The number of nitrogens with one attached hydrogen (secondary N) is 1. The van der Waals surface area contributed by atoms with Crippen LogP contribution in [-0.2, 0) is 17.6 Å². The Hall–Kier alpha value is -2.15. The number of benzene rings is 1. The Balaban J connectivity index is 1.34. The maximum atomic E-state index is 12.5. The molecular weight excluding hydrogens is 310 g/mol. The molecule has 4 rings (SSSR count). The van der Waals surface area contributed by atoms with Gasteiger partial charge in [-0.2, -0.15) is 10.2 Å². The van der Waals surface area contributed by atoms with Crippen LogP contribution in [-0.4, -0.2) is 17.6 Å². The van der Waals surface area contributed by atoms with Crippen molar-refractivity contribution in [2.24, 2.45) is 22.1 Å². The highest BCUT2D eigenvalue weighted by Gasteiger charge is 2.41. The van der Waals surface area contributed by atoms with E-state index in [1.165, 1.54) is 24.0 Å². The molecule has 3 aliphatic rings. The van der Waals surface area contributed by atoms with Gasteiger partial charge in [-0.3, -0.25) is 4.79 Å². The normalized spacial score (nSPS) is 27.9. The van der Waals surface area contributed by atoms with Crippen LogP contribution in [0.3, 0.4) is 0 Å². The maximum Gasteiger partial charge on any atom is 0.220 e. The molecule has 0 radical (unpaired) electrons. The van der Waals surface area contributed by atoms with Crippen molar-refractivity contribution in [1.82, 2.24) is 5.32 Å². The van der Waals surface area contributed by atoms with Crippen LogP contribution in [0.2, 0.25) is 0 Å². The minimum absolute atomic E-state index is 0.144. The maximum absolute atomic E-state index is 12.5. The summed E-state index contributed by atoms with van der Waals surface area (Å²) in [6, 6.07) is 9.07. The van der Waals surface area contributed by atoms with Gasteiger partial charge >= 0.3 is 0 Å². The molecule has 4 nitrogen and oxygen atoms in total. The van der Waals surface area contributed by atoms with Gasteiger partial charge < -0.3 is 5.32 Å². The Labute approximate surface area is 149 Å². The summed E-state index contributed by atoms with van der Waals surface area (Å²) < 4.78 is 0. The second-order valence-corrected chi connectivity index (χ2v) is 7.75. The molecule has 1 N–H and O–H groups in total. The number of terminal acetylenes is 1. The highest BCUT2D eigenvalue weighted by Crippen LogP contribution is 2.41. The molecule has 0 aromatic heterocycles. The summed E-state index contributed by atoms with van der Waals surface area (Å²) in [5, 5.41) is 11.6. The first-order valence-corrected chi connectivity index (χ1v) is 9.43. The molecule has 1 amide bonds. The molecule has 0 spiro atoms. The van der Waals surface area contributed by atoms with Gasteiger partial charge in [0.1, 0.15) is 0 Å². The van der Waals surface area contributed by atoms with Crippen molar-refractivity contribution in [3.05, 3.63) is 35.4 Å². The molecule has 1 aliphatic heterocycles. The summed E-state index contributed by atoms with van der Waals surface area (Å²) in [5.41, 5.74) is 2.58. The lowest BCUT2D eigenvalue weighted by Gasteiger charge is -2.24. The number of amides is 1. The Morgan fingerprint density at radius 3 is 2.36 bits per heavy atom. The zero-order valence-electron chi connectivity index (χ0n) is 14.6. The van der Waals surface area contributed by atoms with Crippen LogP contribution in [0.1, 0.15) is 49.7 Å². The topological polar surface area (TPSA) is 53.8 Å². The molecular formula is C21H25N3O. The molecule has 1 heterocycles. The Morgan fingerprint density at radius 1 is 1.16 bits per heavy atom. The molecule has 130 valence electrons. The van der Waals surface area contributed by atoms with E-state index in [2.05, 4.69) is 45.7 Å². The van der Waals surface area contributed by atoms with Crippen molar-refractivity contribution < 1.29 is 4.79 Å². The average Bonchev–Trinajstić information content (AvgIpc) is 3.32. The third-order valence-corrected chi connectivity index (χ3v) is 6.14. The number of hydrogen-bond donors (Lipinski definition) is 1. The monoisotopic (exact) mass is 335 g/mol. The highest BCUT2D eigenvalue weighted by molar-refractivity contribution is 5.76. The highest BCUT2D eigenvalue weighted by atomic mass is 16.1. The fourth-order valence-electron chi connectivity index (χ4n) is 4.63. The van der Waals surface area contributed by atoms with Gasteiger partial charge in [-0.05, 0) is 48.6 Å². The second kappa shape index (κ2) is 6.63. The van der Waals surface area contributed by atoms with E-state index in [0.29, 0.717) is 37.1 Å². The summed E-state index contributed by atoms with van der Waals surface area (Å²) in [6.45, 7) is 0. The van der Waals surface area contributed by atoms with Crippen LogP contribution in [0.15, 0.2) is 34.5 Å². The van der Waals surface area contributed by atoms with Crippen molar-refractivity contribution in [2.45, 2.75) is 63.1 Å². The molecule has 2 atom stereocenters. The predicted molar refractivity (Wildman–Crippen MR) is 96.9 cm³/mol. The van der Waals surface area contributed by atoms with E-state index in [1.54, 1.807) is 0 Å². The molecule has 2 aliphatic carbocycles. The lowest BCUT2D eigenvalue weighted by Crippen LogP contribution is -2.42. The second-order valence-electron chi connectivity index (χ2n) is 7.75. The molecule has 2 unspecified atom stereocenters. The third kappa shape index (κ3) is 3.46. The van der Waals surface area contributed by atoms with Gasteiger partial charge in [0.05, 0.1) is 0 Å². The summed E-state index contributed by atoms with van der Waals surface area (Å²) in [5.74, 6) is 3.92. The number of nitrogens with zero attached hydrogens (tertiary/aromatic N) is 2. The molecule has 0 saturated heterocycles. The fourth-order valence-corrected chi connectivity index (χ4v) is 4.63. The predicted octanol–water partition coefficient (Wildman–Crippen LogP) is 3.65. The summed E-state index contributed by atoms with van der Waals surface area (Å²) in [4.78, 5) is 12.5. The molecule has 2 bridgehead atoms. The minimum atomic E-state index is -0.359. The van der Waals surface area contributed by atoms with E-state index in [-0.39, 0.29) is 11.6 Å². The zero-order valence-corrected chi connectivity index (χ0v) is 14.6. The number of fused-ring (bicyclic) bond motifs is 3. The van der Waals surface area contributed by atoms with Gasteiger partial charge in [0.2, 0.25) is 5.91 Å². The van der Waals surface area contributed by atoms with Crippen LogP contribution in [0, 0.1) is 24.2 Å². The van der Waals surface area contributed by atoms with Crippen LogP contribution >= 0.6 is 0 Å². The molecule has 1 saturated carbocycles. The first-order chi connectivity index (χ1) is 12.2. The van der Waals surface area contributed by atoms with Crippen molar-refractivity contribution in [3.63, 3.8) is 0 Å². The standard InChI is InChI=1S/C21H25N3O/c1-2-3-11-21(23-24-21)12-10-19(25)22-20-17-8-9-18(20)14-16-7-5-4-6-15(16)13-17/h1,4-7,17-18,20H,3,8-14H2,(H,22,25). The zero-order chi connectivity index (χ0) is 17.3. The molecule has 4 heteroatoms. The molecule has 1 aromatic rings. The van der Waals surface area contributed by atoms with Gasteiger partial charge in [-0.1, -0.05) is 24.3 Å². The van der Waals surface area contributed by atoms with Gasteiger partial charge in [0, 0.05) is 31.7 Å². The van der Waals surface area contributed by atoms with E-state index in [4.69, 9.17) is 6.42 Å². The van der Waals surface area contributed by atoms with E-state index >= 15 is 0 Å². The van der Waals surface area contributed by atoms with E-state index < -0.39 is 0 Å². The van der Waals surface area contributed by atoms with Crippen LogP contribution < -0.4 is 5.32 Å². The largest absolute Gasteiger partial charge is 0.353 e. The average molecular weight is 335 g/mol. The van der Waals surface area contributed by atoms with Crippen molar-refractivity contribution >= 4 is 5.91 Å². The number of hydrogen-bond acceptors (Lipinski definition) is 3. The van der Waals surface area contributed by atoms with Gasteiger partial charge in [-0.15, -0.1) is 12.3 Å². The van der Waals surface area contributed by atoms with Crippen molar-refractivity contribution in [1.29, 1.82) is 0 Å². The smallest absolute Gasteiger partial charge is 0.220 e. The van der Waals surface area contributed by atoms with Gasteiger partial charge in [-0.25, -0.2) is 0 Å². The van der Waals surface area contributed by atoms with Crippen molar-refractivity contribution in [3.8, 4) is 12.3 Å². The van der Waals surface area contributed by atoms with E-state index in [9.17, 15) is 4.79 Å². The quantitative estimate of drug-likeness (QED) is 0.793. The van der Waals surface area contributed by atoms with Crippen molar-refractivity contribution in [2.75, 3.05) is 0 Å². The summed E-state index contributed by atoms with van der Waals surface area (Å²) in [6.07, 6.45) is 12.5. The lowest BCUT2D eigenvalue weighted by atomic mass is 9.94. The van der Waals surface area contributed by atoms with Gasteiger partial charge in [0.25, 0.3) is 0 Å². The van der Waals surface area contributed by atoms with Crippen LogP contribution in [0.4, 0.5) is 0 Å². The number of rotatable bonds is 6. The number of carbonyl (C=O) groups excluding carboxylic acids is 1. The first kappa shape index (κ1) is 16.3. The number of carbonyl (C=O) groups is 1. The SMILES string of the molecule is C#CCCC1(CCC(=O)NC2C3CCC2Cc2ccccc2C3)N=N1. The minimum Gasteiger partial charge on any atom is -0.353 e. The molecule has 1 fully saturated rings. The summed E-state index contributed by atoms with van der Waals surface area (Å²) >= 11 is 0. The van der Waals surface area contributed by atoms with Crippen LogP contribution in [0.5, 0.6) is 0 Å². The lowest BCUT2D eigenvalue weighted by molar-refractivity contribution is -0.122. The Bertz CT molecular complexity index is 694. The molecule has 25 heavy (non-hydrogen) atoms. The third-order valence-electron chi connectivity index (χ3n) is 6.14. The van der Waals surface area contributed by atoms with E-state index in [1.807, 2.05) is 0 Å². The van der Waals surface area contributed by atoms with Gasteiger partial charge in [0.15, 0.2) is 5.66 Å². The summed E-state index contributed by atoms with van der Waals surface area (Å²) in [7, 11) is 0. The van der Waals surface area contributed by atoms with Crippen LogP contribution in [0.25, 0.3) is 0 Å². The fraction of sp³-hybridized carbons (Fsp3) is 0.571.